The Labute approximate surface area is 94.7 Å². The summed E-state index contributed by atoms with van der Waals surface area (Å²) in [5.41, 5.74) is 0. The molecule has 0 bridgehead atoms. The maximum atomic E-state index is 8.45. The van der Waals surface area contributed by atoms with Crippen molar-refractivity contribution in [1.82, 2.24) is 9.80 Å². The van der Waals surface area contributed by atoms with Gasteiger partial charge in [0.1, 0.15) is 0 Å². The average molecular weight is 211 g/mol. The third-order valence-electron chi connectivity index (χ3n) is 2.64. The van der Waals surface area contributed by atoms with E-state index in [0.29, 0.717) is 12.5 Å². The van der Waals surface area contributed by atoms with Crippen LogP contribution in [-0.2, 0) is 0 Å². The highest BCUT2D eigenvalue weighted by Crippen LogP contribution is 2.04. The SMILES string of the molecule is CCN(CCCCC#N)C(C)CN(C)C. The lowest BCUT2D eigenvalue weighted by Gasteiger charge is -2.29. The molecule has 0 aromatic heterocycles. The predicted octanol–water partition coefficient (Wildman–Crippen LogP) is 1.95. The molecule has 15 heavy (non-hydrogen) atoms. The van der Waals surface area contributed by atoms with E-state index in [9.17, 15) is 0 Å². The topological polar surface area (TPSA) is 30.3 Å². The summed E-state index contributed by atoms with van der Waals surface area (Å²) in [6, 6.07) is 2.80. The van der Waals surface area contributed by atoms with Crippen molar-refractivity contribution >= 4 is 0 Å². The largest absolute Gasteiger partial charge is 0.308 e. The molecule has 0 fully saturated rings. The lowest BCUT2D eigenvalue weighted by molar-refractivity contribution is 0.179. The van der Waals surface area contributed by atoms with Crippen LogP contribution in [-0.4, -0.2) is 49.6 Å². The Morgan fingerprint density at radius 1 is 1.27 bits per heavy atom. The first-order chi connectivity index (χ1) is 7.11. The van der Waals surface area contributed by atoms with E-state index in [-0.39, 0.29) is 0 Å². The first-order valence-corrected chi connectivity index (χ1v) is 5.87. The summed E-state index contributed by atoms with van der Waals surface area (Å²) in [6.45, 7) is 7.80. The molecule has 0 heterocycles. The van der Waals surface area contributed by atoms with Crippen LogP contribution >= 0.6 is 0 Å². The Bertz CT molecular complexity index is 184. The van der Waals surface area contributed by atoms with Crippen LogP contribution in [0.2, 0.25) is 0 Å². The normalized spacial score (nSPS) is 13.1. The van der Waals surface area contributed by atoms with Gasteiger partial charge in [-0.3, -0.25) is 4.90 Å². The second-order valence-corrected chi connectivity index (χ2v) is 4.36. The van der Waals surface area contributed by atoms with E-state index in [0.717, 1.165) is 32.5 Å². The minimum absolute atomic E-state index is 0.604. The summed E-state index contributed by atoms with van der Waals surface area (Å²) >= 11 is 0. The van der Waals surface area contributed by atoms with Crippen LogP contribution in [0, 0.1) is 11.3 Å². The summed E-state index contributed by atoms with van der Waals surface area (Å²) < 4.78 is 0. The second-order valence-electron chi connectivity index (χ2n) is 4.36. The number of unbranched alkanes of at least 4 members (excludes halogenated alkanes) is 2. The van der Waals surface area contributed by atoms with Crippen LogP contribution in [0.15, 0.2) is 0 Å². The van der Waals surface area contributed by atoms with Crippen LogP contribution in [0.5, 0.6) is 0 Å². The van der Waals surface area contributed by atoms with Gasteiger partial charge in [0.05, 0.1) is 6.07 Å². The summed E-state index contributed by atoms with van der Waals surface area (Å²) in [4.78, 5) is 4.71. The fourth-order valence-corrected chi connectivity index (χ4v) is 1.85. The van der Waals surface area contributed by atoms with Gasteiger partial charge in [-0.1, -0.05) is 6.92 Å². The molecule has 0 saturated carbocycles. The van der Waals surface area contributed by atoms with E-state index >= 15 is 0 Å². The number of rotatable bonds is 8. The molecule has 0 spiro atoms. The lowest BCUT2D eigenvalue weighted by atomic mass is 10.2. The zero-order chi connectivity index (χ0) is 11.7. The van der Waals surface area contributed by atoms with Crippen molar-refractivity contribution in [1.29, 1.82) is 5.26 Å². The number of nitrogens with zero attached hydrogens (tertiary/aromatic N) is 3. The molecule has 0 N–H and O–H groups in total. The molecule has 0 amide bonds. The standard InChI is InChI=1S/C12H25N3/c1-5-15(10-8-6-7-9-13)12(2)11-14(3)4/h12H,5-8,10-11H2,1-4H3. The van der Waals surface area contributed by atoms with Crippen LogP contribution < -0.4 is 0 Å². The monoisotopic (exact) mass is 211 g/mol. The van der Waals surface area contributed by atoms with E-state index in [4.69, 9.17) is 5.26 Å². The van der Waals surface area contributed by atoms with Gasteiger partial charge in [-0.05, 0) is 47.0 Å². The summed E-state index contributed by atoms with van der Waals surface area (Å²) in [6.07, 6.45) is 2.86. The van der Waals surface area contributed by atoms with Gasteiger partial charge in [0, 0.05) is 19.0 Å². The van der Waals surface area contributed by atoms with Gasteiger partial charge in [-0.25, -0.2) is 0 Å². The summed E-state index contributed by atoms with van der Waals surface area (Å²) in [7, 11) is 4.22. The summed E-state index contributed by atoms with van der Waals surface area (Å²) in [5, 5.41) is 8.45. The molecule has 3 heteroatoms. The molecule has 0 rings (SSSR count). The van der Waals surface area contributed by atoms with Crippen molar-refractivity contribution in [2.24, 2.45) is 0 Å². The van der Waals surface area contributed by atoms with Crippen molar-refractivity contribution in [3.8, 4) is 6.07 Å². The number of likely N-dealkylation sites (N-methyl/N-ethyl adjacent to an activating group) is 2. The Balaban J connectivity index is 3.75. The molecule has 3 nitrogen and oxygen atoms in total. The molecule has 0 aromatic rings. The van der Waals surface area contributed by atoms with Crippen LogP contribution in [0.3, 0.4) is 0 Å². The molecule has 88 valence electrons. The molecule has 0 aliphatic heterocycles. The van der Waals surface area contributed by atoms with Gasteiger partial charge in [0.15, 0.2) is 0 Å². The maximum Gasteiger partial charge on any atom is 0.0621 e. The Hall–Kier alpha value is -0.590. The third kappa shape index (κ3) is 7.35. The Morgan fingerprint density at radius 3 is 2.40 bits per heavy atom. The first kappa shape index (κ1) is 14.4. The zero-order valence-electron chi connectivity index (χ0n) is 10.7. The molecule has 0 radical (unpaired) electrons. The van der Waals surface area contributed by atoms with E-state index in [1.165, 1.54) is 0 Å². The zero-order valence-corrected chi connectivity index (χ0v) is 10.7. The van der Waals surface area contributed by atoms with Gasteiger partial charge >= 0.3 is 0 Å². The minimum Gasteiger partial charge on any atom is -0.308 e. The molecular weight excluding hydrogens is 186 g/mol. The molecule has 1 atom stereocenters. The highest BCUT2D eigenvalue weighted by atomic mass is 15.2. The van der Waals surface area contributed by atoms with E-state index in [1.807, 2.05) is 0 Å². The molecule has 0 aromatic carbocycles. The average Bonchev–Trinajstić information content (AvgIpc) is 2.16. The maximum absolute atomic E-state index is 8.45. The molecular formula is C12H25N3. The fraction of sp³-hybridized carbons (Fsp3) is 0.917. The van der Waals surface area contributed by atoms with Crippen molar-refractivity contribution in [2.75, 3.05) is 33.7 Å². The third-order valence-corrected chi connectivity index (χ3v) is 2.64. The van der Waals surface area contributed by atoms with Crippen molar-refractivity contribution in [3.63, 3.8) is 0 Å². The van der Waals surface area contributed by atoms with E-state index < -0.39 is 0 Å². The molecule has 0 aliphatic rings. The highest BCUT2D eigenvalue weighted by molar-refractivity contribution is 4.71. The quantitative estimate of drug-likeness (QED) is 0.575. The first-order valence-electron chi connectivity index (χ1n) is 5.87. The molecule has 0 aliphatic carbocycles. The van der Waals surface area contributed by atoms with Gasteiger partial charge in [-0.15, -0.1) is 0 Å². The Kier molecular flexibility index (Phi) is 8.35. The number of hydrogen-bond acceptors (Lipinski definition) is 3. The number of hydrogen-bond donors (Lipinski definition) is 0. The van der Waals surface area contributed by atoms with E-state index in [2.05, 4.69) is 43.8 Å². The van der Waals surface area contributed by atoms with E-state index in [1.54, 1.807) is 0 Å². The van der Waals surface area contributed by atoms with Gasteiger partial charge in [0.25, 0.3) is 0 Å². The lowest BCUT2D eigenvalue weighted by Crippen LogP contribution is -2.40. The Morgan fingerprint density at radius 2 is 1.93 bits per heavy atom. The fourth-order valence-electron chi connectivity index (χ4n) is 1.85. The van der Waals surface area contributed by atoms with Crippen LogP contribution in [0.1, 0.15) is 33.1 Å². The van der Waals surface area contributed by atoms with Crippen molar-refractivity contribution in [3.05, 3.63) is 0 Å². The van der Waals surface area contributed by atoms with Crippen molar-refractivity contribution < 1.29 is 0 Å². The van der Waals surface area contributed by atoms with Gasteiger partial charge < -0.3 is 4.90 Å². The van der Waals surface area contributed by atoms with Crippen LogP contribution in [0.4, 0.5) is 0 Å². The smallest absolute Gasteiger partial charge is 0.0621 e. The van der Waals surface area contributed by atoms with Crippen LogP contribution in [0.25, 0.3) is 0 Å². The molecule has 1 unspecified atom stereocenters. The van der Waals surface area contributed by atoms with Gasteiger partial charge in [0.2, 0.25) is 0 Å². The molecule has 0 saturated heterocycles. The van der Waals surface area contributed by atoms with Crippen molar-refractivity contribution in [2.45, 2.75) is 39.2 Å². The highest BCUT2D eigenvalue weighted by Gasteiger charge is 2.11. The summed E-state index contributed by atoms with van der Waals surface area (Å²) in [5.74, 6) is 0. The predicted molar refractivity (Wildman–Crippen MR) is 64.7 cm³/mol. The second kappa shape index (κ2) is 8.70. The number of nitriles is 1. The minimum atomic E-state index is 0.604. The van der Waals surface area contributed by atoms with Gasteiger partial charge in [-0.2, -0.15) is 5.26 Å².